The first kappa shape index (κ1) is 13.3. The molecule has 3 rings (SSSR count). The summed E-state index contributed by atoms with van der Waals surface area (Å²) in [5.41, 5.74) is 7.96. The van der Waals surface area contributed by atoms with Gasteiger partial charge < -0.3 is 20.5 Å². The lowest BCUT2D eigenvalue weighted by atomic mass is 10.1. The SMILES string of the molecule is Cc1ccc(N)cc1NC(=O)C1COc2ccccc2O1. The Balaban J connectivity index is 1.74. The summed E-state index contributed by atoms with van der Waals surface area (Å²) in [7, 11) is 0. The van der Waals surface area contributed by atoms with Crippen LogP contribution in [0.2, 0.25) is 0 Å². The van der Waals surface area contributed by atoms with Crippen molar-refractivity contribution in [2.24, 2.45) is 0 Å². The van der Waals surface area contributed by atoms with E-state index in [0.29, 0.717) is 22.9 Å². The molecule has 0 radical (unpaired) electrons. The number of nitrogens with one attached hydrogen (secondary N) is 1. The molecule has 0 spiro atoms. The number of hydrogen-bond acceptors (Lipinski definition) is 4. The van der Waals surface area contributed by atoms with E-state index in [1.807, 2.05) is 31.2 Å². The van der Waals surface area contributed by atoms with Crippen LogP contribution < -0.4 is 20.5 Å². The second-order valence-electron chi connectivity index (χ2n) is 4.93. The molecule has 0 aromatic heterocycles. The first-order chi connectivity index (χ1) is 10.1. The van der Waals surface area contributed by atoms with Crippen molar-refractivity contribution in [1.82, 2.24) is 0 Å². The molecule has 5 nitrogen and oxygen atoms in total. The lowest BCUT2D eigenvalue weighted by Gasteiger charge is -2.25. The van der Waals surface area contributed by atoms with E-state index in [2.05, 4.69) is 5.32 Å². The fourth-order valence-corrected chi connectivity index (χ4v) is 2.14. The van der Waals surface area contributed by atoms with Crippen LogP contribution in [0, 0.1) is 6.92 Å². The van der Waals surface area contributed by atoms with E-state index in [0.717, 1.165) is 5.56 Å². The lowest BCUT2D eigenvalue weighted by Crippen LogP contribution is -2.40. The lowest BCUT2D eigenvalue weighted by molar-refractivity contribution is -0.125. The van der Waals surface area contributed by atoms with Crippen LogP contribution in [0.3, 0.4) is 0 Å². The van der Waals surface area contributed by atoms with Gasteiger partial charge >= 0.3 is 0 Å². The minimum Gasteiger partial charge on any atom is -0.485 e. The number of hydrogen-bond donors (Lipinski definition) is 2. The summed E-state index contributed by atoms with van der Waals surface area (Å²) in [6.07, 6.45) is -0.680. The third-order valence-electron chi connectivity index (χ3n) is 3.32. The van der Waals surface area contributed by atoms with E-state index in [-0.39, 0.29) is 12.5 Å². The smallest absolute Gasteiger partial charge is 0.269 e. The van der Waals surface area contributed by atoms with Crippen LogP contribution in [0.5, 0.6) is 11.5 Å². The predicted molar refractivity (Wildman–Crippen MR) is 80.6 cm³/mol. The summed E-state index contributed by atoms with van der Waals surface area (Å²) in [6.45, 7) is 2.09. The molecule has 0 fully saturated rings. The number of carbonyl (C=O) groups excluding carboxylic acids is 1. The number of anilines is 2. The molecule has 1 heterocycles. The number of para-hydroxylation sites is 2. The van der Waals surface area contributed by atoms with Crippen molar-refractivity contribution >= 4 is 17.3 Å². The van der Waals surface area contributed by atoms with E-state index >= 15 is 0 Å². The monoisotopic (exact) mass is 284 g/mol. The van der Waals surface area contributed by atoms with Gasteiger partial charge in [0.2, 0.25) is 6.10 Å². The normalized spacial score (nSPS) is 16.3. The highest BCUT2D eigenvalue weighted by molar-refractivity contribution is 5.95. The molecule has 2 aromatic rings. The highest BCUT2D eigenvalue weighted by Gasteiger charge is 2.27. The van der Waals surface area contributed by atoms with Crippen molar-refractivity contribution in [2.75, 3.05) is 17.7 Å². The number of carbonyl (C=O) groups is 1. The summed E-state index contributed by atoms with van der Waals surface area (Å²) >= 11 is 0. The summed E-state index contributed by atoms with van der Waals surface area (Å²) in [6, 6.07) is 12.7. The Labute approximate surface area is 122 Å². The fraction of sp³-hybridized carbons (Fsp3) is 0.188. The maximum Gasteiger partial charge on any atom is 0.269 e. The Morgan fingerprint density at radius 2 is 2.00 bits per heavy atom. The summed E-state index contributed by atoms with van der Waals surface area (Å²) < 4.78 is 11.2. The van der Waals surface area contributed by atoms with Gasteiger partial charge in [-0.3, -0.25) is 4.79 Å². The van der Waals surface area contributed by atoms with Crippen LogP contribution in [-0.2, 0) is 4.79 Å². The fourth-order valence-electron chi connectivity index (χ4n) is 2.14. The Hall–Kier alpha value is -2.69. The van der Waals surface area contributed by atoms with Crippen LogP contribution in [0.1, 0.15) is 5.56 Å². The third-order valence-corrected chi connectivity index (χ3v) is 3.32. The van der Waals surface area contributed by atoms with Crippen molar-refractivity contribution in [1.29, 1.82) is 0 Å². The number of aryl methyl sites for hydroxylation is 1. The number of amides is 1. The van der Waals surface area contributed by atoms with E-state index in [9.17, 15) is 4.79 Å². The highest BCUT2D eigenvalue weighted by Crippen LogP contribution is 2.31. The van der Waals surface area contributed by atoms with Gasteiger partial charge in [-0.2, -0.15) is 0 Å². The van der Waals surface area contributed by atoms with Gasteiger partial charge in [0, 0.05) is 11.4 Å². The summed E-state index contributed by atoms with van der Waals surface area (Å²) in [5, 5.41) is 2.83. The average molecular weight is 284 g/mol. The van der Waals surface area contributed by atoms with Crippen molar-refractivity contribution in [2.45, 2.75) is 13.0 Å². The van der Waals surface area contributed by atoms with Gasteiger partial charge in [-0.1, -0.05) is 18.2 Å². The van der Waals surface area contributed by atoms with E-state index < -0.39 is 6.10 Å². The summed E-state index contributed by atoms with van der Waals surface area (Å²) in [5.74, 6) is 0.980. The van der Waals surface area contributed by atoms with Crippen molar-refractivity contribution in [3.8, 4) is 11.5 Å². The molecule has 2 aromatic carbocycles. The molecular formula is C16H16N2O3. The zero-order valence-corrected chi connectivity index (χ0v) is 11.6. The van der Waals surface area contributed by atoms with Gasteiger partial charge in [0.15, 0.2) is 11.5 Å². The second kappa shape index (κ2) is 5.36. The van der Waals surface area contributed by atoms with Gasteiger partial charge in [-0.05, 0) is 36.8 Å². The first-order valence-corrected chi connectivity index (χ1v) is 6.69. The molecule has 0 bridgehead atoms. The van der Waals surface area contributed by atoms with Gasteiger partial charge in [0.05, 0.1) is 0 Å². The Kier molecular flexibility index (Phi) is 3.39. The molecular weight excluding hydrogens is 268 g/mol. The van der Waals surface area contributed by atoms with Gasteiger partial charge in [0.1, 0.15) is 6.61 Å². The quantitative estimate of drug-likeness (QED) is 0.830. The van der Waals surface area contributed by atoms with Crippen LogP contribution in [-0.4, -0.2) is 18.6 Å². The molecule has 0 aliphatic carbocycles. The molecule has 1 unspecified atom stereocenters. The molecule has 1 aliphatic rings. The zero-order chi connectivity index (χ0) is 14.8. The largest absolute Gasteiger partial charge is 0.485 e. The molecule has 5 heteroatoms. The summed E-state index contributed by atoms with van der Waals surface area (Å²) in [4.78, 5) is 12.3. The number of nitrogen functional groups attached to an aromatic ring is 1. The molecule has 1 aliphatic heterocycles. The van der Waals surface area contributed by atoms with Gasteiger partial charge in [-0.15, -0.1) is 0 Å². The van der Waals surface area contributed by atoms with Gasteiger partial charge in [0.25, 0.3) is 5.91 Å². The number of fused-ring (bicyclic) bond motifs is 1. The molecule has 1 amide bonds. The molecule has 0 saturated carbocycles. The molecule has 1 atom stereocenters. The first-order valence-electron chi connectivity index (χ1n) is 6.69. The average Bonchev–Trinajstić information content (AvgIpc) is 2.50. The Morgan fingerprint density at radius 1 is 1.24 bits per heavy atom. The number of rotatable bonds is 2. The van der Waals surface area contributed by atoms with Gasteiger partial charge in [-0.25, -0.2) is 0 Å². The van der Waals surface area contributed by atoms with E-state index in [1.54, 1.807) is 18.2 Å². The topological polar surface area (TPSA) is 73.6 Å². The van der Waals surface area contributed by atoms with Crippen molar-refractivity contribution in [3.05, 3.63) is 48.0 Å². The van der Waals surface area contributed by atoms with Crippen molar-refractivity contribution in [3.63, 3.8) is 0 Å². The predicted octanol–water partition coefficient (Wildman–Crippen LogP) is 2.36. The zero-order valence-electron chi connectivity index (χ0n) is 11.6. The Morgan fingerprint density at radius 3 is 2.81 bits per heavy atom. The van der Waals surface area contributed by atoms with Crippen molar-refractivity contribution < 1.29 is 14.3 Å². The van der Waals surface area contributed by atoms with Crippen LogP contribution in [0.25, 0.3) is 0 Å². The second-order valence-corrected chi connectivity index (χ2v) is 4.93. The minimum absolute atomic E-state index is 0.185. The highest BCUT2D eigenvalue weighted by atomic mass is 16.6. The molecule has 21 heavy (non-hydrogen) atoms. The number of benzene rings is 2. The number of nitrogens with two attached hydrogens (primary N) is 1. The van der Waals surface area contributed by atoms with Crippen LogP contribution >= 0.6 is 0 Å². The molecule has 108 valence electrons. The van der Waals surface area contributed by atoms with E-state index in [4.69, 9.17) is 15.2 Å². The van der Waals surface area contributed by atoms with Crippen LogP contribution in [0.15, 0.2) is 42.5 Å². The third kappa shape index (κ3) is 2.76. The standard InChI is InChI=1S/C16H16N2O3/c1-10-6-7-11(17)8-12(10)18-16(19)15-9-20-13-4-2-3-5-14(13)21-15/h2-8,15H,9,17H2,1H3,(H,18,19). The van der Waals surface area contributed by atoms with E-state index in [1.165, 1.54) is 0 Å². The molecule has 3 N–H and O–H groups in total. The maximum atomic E-state index is 12.3. The van der Waals surface area contributed by atoms with Crippen LogP contribution in [0.4, 0.5) is 11.4 Å². The number of ether oxygens (including phenoxy) is 2. The maximum absolute atomic E-state index is 12.3. The Bertz CT molecular complexity index is 685. The molecule has 0 saturated heterocycles. The minimum atomic E-state index is -0.680.